The van der Waals surface area contributed by atoms with Gasteiger partial charge < -0.3 is 15.0 Å². The number of carbonyl (C=O) groups excluding carboxylic acids is 1. The van der Waals surface area contributed by atoms with Crippen LogP contribution in [-0.4, -0.2) is 36.9 Å². The standard InChI is InChI=1S/C19H18F2N2O2.CH5NS/c20-13-6-4-7-14(21)17(13)12-5-3-8-16-18(12)15(11-25-16)22-19(24)23-9-1-2-10-23;1-3-2/h3-8,15H,1-2,9-11H2,(H,22,24);2H2,1H3. The smallest absolute Gasteiger partial charge is 0.318 e. The van der Waals surface area contributed by atoms with E-state index in [1.807, 2.05) is 6.26 Å². The maximum absolute atomic E-state index is 14.3. The number of nitrogens with two attached hydrogens (primary N) is 1. The molecule has 0 aliphatic carbocycles. The van der Waals surface area contributed by atoms with Crippen molar-refractivity contribution in [3.63, 3.8) is 0 Å². The number of amides is 2. The van der Waals surface area contributed by atoms with Crippen molar-refractivity contribution in [2.45, 2.75) is 18.9 Å². The van der Waals surface area contributed by atoms with Crippen molar-refractivity contribution in [2.24, 2.45) is 5.14 Å². The van der Waals surface area contributed by atoms with Crippen LogP contribution >= 0.6 is 11.9 Å². The van der Waals surface area contributed by atoms with Crippen LogP contribution in [0.3, 0.4) is 0 Å². The Bertz CT molecular complexity index is 824. The van der Waals surface area contributed by atoms with Crippen LogP contribution in [0, 0.1) is 11.6 Å². The van der Waals surface area contributed by atoms with Crippen molar-refractivity contribution in [3.05, 3.63) is 53.6 Å². The predicted octanol–water partition coefficient (Wildman–Crippen LogP) is 4.09. The number of benzene rings is 2. The fourth-order valence-corrected chi connectivity index (χ4v) is 3.53. The number of ether oxygens (including phenoxy) is 1. The summed E-state index contributed by atoms with van der Waals surface area (Å²) in [4.78, 5) is 14.2. The highest BCUT2D eigenvalue weighted by Crippen LogP contribution is 2.41. The quantitative estimate of drug-likeness (QED) is 0.736. The number of urea groups is 1. The number of carbonyl (C=O) groups is 1. The number of likely N-dealkylation sites (tertiary alicyclic amines) is 1. The Hall–Kier alpha value is -2.32. The molecule has 2 aliphatic heterocycles. The maximum Gasteiger partial charge on any atom is 0.318 e. The van der Waals surface area contributed by atoms with E-state index in [4.69, 9.17) is 9.88 Å². The van der Waals surface area contributed by atoms with Gasteiger partial charge in [-0.1, -0.05) is 30.1 Å². The summed E-state index contributed by atoms with van der Waals surface area (Å²) in [5, 5.41) is 7.71. The number of fused-ring (bicyclic) bond motifs is 1. The van der Waals surface area contributed by atoms with Gasteiger partial charge in [0.1, 0.15) is 24.0 Å². The molecule has 1 fully saturated rings. The first kappa shape index (κ1) is 20.4. The Morgan fingerprint density at radius 3 is 2.43 bits per heavy atom. The minimum Gasteiger partial charge on any atom is -0.491 e. The Morgan fingerprint density at radius 2 is 1.79 bits per heavy atom. The van der Waals surface area contributed by atoms with E-state index in [1.165, 1.54) is 30.1 Å². The van der Waals surface area contributed by atoms with Crippen LogP contribution < -0.4 is 15.2 Å². The van der Waals surface area contributed by atoms with Gasteiger partial charge in [-0.3, -0.25) is 5.14 Å². The molecule has 1 unspecified atom stereocenters. The average molecular weight is 407 g/mol. The number of rotatable bonds is 2. The third kappa shape index (κ3) is 4.23. The summed E-state index contributed by atoms with van der Waals surface area (Å²) in [5.41, 5.74) is 0.946. The van der Waals surface area contributed by atoms with Crippen LogP contribution in [0.2, 0.25) is 0 Å². The van der Waals surface area contributed by atoms with Gasteiger partial charge in [0, 0.05) is 18.7 Å². The molecule has 8 heteroatoms. The van der Waals surface area contributed by atoms with Crippen LogP contribution in [0.4, 0.5) is 13.6 Å². The number of halogens is 2. The molecular weight excluding hydrogens is 384 g/mol. The van der Waals surface area contributed by atoms with E-state index in [0.717, 1.165) is 25.9 Å². The third-order valence-corrected chi connectivity index (χ3v) is 4.74. The summed E-state index contributed by atoms with van der Waals surface area (Å²) in [7, 11) is 0. The molecule has 150 valence electrons. The van der Waals surface area contributed by atoms with Gasteiger partial charge >= 0.3 is 6.03 Å². The van der Waals surface area contributed by atoms with Crippen molar-refractivity contribution >= 4 is 18.0 Å². The monoisotopic (exact) mass is 407 g/mol. The molecule has 0 radical (unpaired) electrons. The van der Waals surface area contributed by atoms with Crippen LogP contribution in [0.25, 0.3) is 11.1 Å². The zero-order valence-corrected chi connectivity index (χ0v) is 16.4. The lowest BCUT2D eigenvalue weighted by atomic mass is 9.94. The summed E-state index contributed by atoms with van der Waals surface area (Å²) in [6.45, 7) is 1.72. The van der Waals surface area contributed by atoms with E-state index in [9.17, 15) is 13.6 Å². The molecule has 3 N–H and O–H groups in total. The Labute approximate surface area is 167 Å². The van der Waals surface area contributed by atoms with Gasteiger partial charge in [-0.25, -0.2) is 13.6 Å². The molecule has 2 aliphatic rings. The molecule has 2 heterocycles. The number of hydrogen-bond acceptors (Lipinski definition) is 4. The fraction of sp³-hybridized carbons (Fsp3) is 0.350. The normalized spacial score (nSPS) is 17.4. The lowest BCUT2D eigenvalue weighted by molar-refractivity contribution is 0.201. The topological polar surface area (TPSA) is 67.6 Å². The molecule has 0 aromatic heterocycles. The lowest BCUT2D eigenvalue weighted by Crippen LogP contribution is -2.40. The Morgan fingerprint density at radius 1 is 1.18 bits per heavy atom. The maximum atomic E-state index is 14.3. The molecule has 0 bridgehead atoms. The first-order valence-electron chi connectivity index (χ1n) is 9.05. The van der Waals surface area contributed by atoms with E-state index in [-0.39, 0.29) is 18.2 Å². The molecule has 2 amide bonds. The summed E-state index contributed by atoms with van der Waals surface area (Å²) in [6, 6.07) is 8.30. The van der Waals surface area contributed by atoms with Gasteiger partial charge in [-0.2, -0.15) is 0 Å². The van der Waals surface area contributed by atoms with Gasteiger partial charge in [0.15, 0.2) is 0 Å². The summed E-state index contributed by atoms with van der Waals surface area (Å²) >= 11 is 1.25. The molecule has 1 atom stereocenters. The van der Waals surface area contributed by atoms with Crippen LogP contribution in [0.1, 0.15) is 24.4 Å². The first-order valence-corrected chi connectivity index (χ1v) is 10.3. The fourth-order valence-electron chi connectivity index (χ4n) is 3.53. The average Bonchev–Trinajstić information content (AvgIpc) is 3.33. The molecule has 28 heavy (non-hydrogen) atoms. The Kier molecular flexibility index (Phi) is 6.74. The summed E-state index contributed by atoms with van der Waals surface area (Å²) < 4.78 is 34.2. The second-order valence-electron chi connectivity index (χ2n) is 6.56. The van der Waals surface area contributed by atoms with Crippen LogP contribution in [0.5, 0.6) is 5.75 Å². The van der Waals surface area contributed by atoms with Crippen molar-refractivity contribution < 1.29 is 18.3 Å². The van der Waals surface area contributed by atoms with E-state index in [0.29, 0.717) is 16.9 Å². The molecule has 5 nitrogen and oxygen atoms in total. The van der Waals surface area contributed by atoms with Crippen molar-refractivity contribution in [3.8, 4) is 16.9 Å². The minimum absolute atomic E-state index is 0.0923. The van der Waals surface area contributed by atoms with E-state index < -0.39 is 17.7 Å². The van der Waals surface area contributed by atoms with Crippen LogP contribution in [0.15, 0.2) is 36.4 Å². The summed E-state index contributed by atoms with van der Waals surface area (Å²) in [5.74, 6) is -0.721. The predicted molar refractivity (Wildman–Crippen MR) is 107 cm³/mol. The van der Waals surface area contributed by atoms with Crippen molar-refractivity contribution in [2.75, 3.05) is 26.0 Å². The van der Waals surface area contributed by atoms with Crippen LogP contribution in [-0.2, 0) is 0 Å². The zero-order chi connectivity index (χ0) is 20.1. The second-order valence-corrected chi connectivity index (χ2v) is 7.03. The highest BCUT2D eigenvalue weighted by Gasteiger charge is 2.32. The molecule has 0 saturated carbocycles. The molecule has 4 rings (SSSR count). The Balaban J connectivity index is 0.000000706. The lowest BCUT2D eigenvalue weighted by Gasteiger charge is -2.21. The molecular formula is C20H23F2N3O2S. The number of nitrogens with one attached hydrogen (secondary N) is 1. The largest absolute Gasteiger partial charge is 0.491 e. The van der Waals surface area contributed by atoms with E-state index in [1.54, 1.807) is 23.1 Å². The highest BCUT2D eigenvalue weighted by atomic mass is 32.2. The highest BCUT2D eigenvalue weighted by molar-refractivity contribution is 7.96. The second kappa shape index (κ2) is 9.25. The molecule has 2 aromatic carbocycles. The summed E-state index contributed by atoms with van der Waals surface area (Å²) in [6.07, 6.45) is 3.81. The van der Waals surface area contributed by atoms with Gasteiger partial charge in [-0.15, -0.1) is 0 Å². The van der Waals surface area contributed by atoms with Gasteiger partial charge in [0.25, 0.3) is 0 Å². The van der Waals surface area contributed by atoms with Crippen molar-refractivity contribution in [1.82, 2.24) is 10.2 Å². The van der Waals surface area contributed by atoms with Gasteiger partial charge in [-0.05, 0) is 42.9 Å². The zero-order valence-electron chi connectivity index (χ0n) is 15.6. The molecule has 2 aromatic rings. The third-order valence-electron chi connectivity index (χ3n) is 4.74. The number of nitrogens with zero attached hydrogens (tertiary/aromatic N) is 1. The van der Waals surface area contributed by atoms with E-state index >= 15 is 0 Å². The first-order chi connectivity index (χ1) is 13.6. The SMILES string of the molecule is CSN.O=C(NC1COc2cccc(-c3c(F)cccc3F)c21)N1CCCC1. The van der Waals surface area contributed by atoms with Crippen molar-refractivity contribution in [1.29, 1.82) is 0 Å². The minimum atomic E-state index is -0.634. The van der Waals surface area contributed by atoms with Gasteiger partial charge in [0.2, 0.25) is 0 Å². The van der Waals surface area contributed by atoms with Gasteiger partial charge in [0.05, 0.1) is 11.6 Å². The number of hydrogen-bond donors (Lipinski definition) is 2. The molecule has 0 spiro atoms. The molecule has 1 saturated heterocycles. The van der Waals surface area contributed by atoms with E-state index in [2.05, 4.69) is 5.32 Å².